The Bertz CT molecular complexity index is 672. The number of amides is 2. The summed E-state index contributed by atoms with van der Waals surface area (Å²) < 4.78 is 6.21. The molecule has 1 aromatic carbocycles. The van der Waals surface area contributed by atoms with Crippen LogP contribution in [0.2, 0.25) is 5.02 Å². The predicted octanol–water partition coefficient (Wildman–Crippen LogP) is 1.98. The van der Waals surface area contributed by atoms with Gasteiger partial charge in [-0.05, 0) is 18.6 Å². The van der Waals surface area contributed by atoms with Crippen LogP contribution in [0.3, 0.4) is 0 Å². The molecule has 1 heterocycles. The van der Waals surface area contributed by atoms with Crippen molar-refractivity contribution in [3.05, 3.63) is 52.8 Å². The highest BCUT2D eigenvalue weighted by atomic mass is 35.5. The minimum Gasteiger partial charge on any atom is -0.449 e. The molecular formula is C14H15ClN4O3. The zero-order valence-corrected chi connectivity index (χ0v) is 12.6. The molecule has 2 amide bonds. The summed E-state index contributed by atoms with van der Waals surface area (Å²) in [4.78, 5) is 22.9. The highest BCUT2D eigenvalue weighted by Gasteiger charge is 2.10. The lowest BCUT2D eigenvalue weighted by Gasteiger charge is -2.05. The molecule has 2 rings (SSSR count). The fourth-order valence-corrected chi connectivity index (χ4v) is 1.91. The maximum Gasteiger partial charge on any atom is 0.426 e. The SMILES string of the molecule is CCOC(=O)NNC(=O)c1cnn(Cc2ccccc2Cl)c1. The first-order chi connectivity index (χ1) is 10.6. The molecule has 0 aliphatic heterocycles. The van der Waals surface area contributed by atoms with Gasteiger partial charge in [0, 0.05) is 11.2 Å². The van der Waals surface area contributed by atoms with Gasteiger partial charge in [-0.2, -0.15) is 5.10 Å². The van der Waals surface area contributed by atoms with E-state index in [9.17, 15) is 9.59 Å². The minimum atomic E-state index is -0.723. The van der Waals surface area contributed by atoms with Gasteiger partial charge >= 0.3 is 6.09 Å². The van der Waals surface area contributed by atoms with Crippen molar-refractivity contribution in [2.75, 3.05) is 6.61 Å². The molecule has 2 aromatic rings. The molecule has 7 nitrogen and oxygen atoms in total. The van der Waals surface area contributed by atoms with Crippen molar-refractivity contribution in [3.63, 3.8) is 0 Å². The van der Waals surface area contributed by atoms with Crippen molar-refractivity contribution >= 4 is 23.6 Å². The molecule has 116 valence electrons. The Balaban J connectivity index is 1.95. The molecule has 0 radical (unpaired) electrons. The summed E-state index contributed by atoms with van der Waals surface area (Å²) in [6.07, 6.45) is 2.24. The van der Waals surface area contributed by atoms with Gasteiger partial charge in [-0.3, -0.25) is 14.9 Å². The van der Waals surface area contributed by atoms with Crippen molar-refractivity contribution in [1.29, 1.82) is 0 Å². The zero-order chi connectivity index (χ0) is 15.9. The van der Waals surface area contributed by atoms with Crippen molar-refractivity contribution in [1.82, 2.24) is 20.6 Å². The van der Waals surface area contributed by atoms with Crippen LogP contribution in [0.15, 0.2) is 36.7 Å². The molecule has 2 N–H and O–H groups in total. The predicted molar refractivity (Wildman–Crippen MR) is 80.4 cm³/mol. The number of nitrogens with one attached hydrogen (secondary N) is 2. The third-order valence-corrected chi connectivity index (χ3v) is 3.11. The molecule has 0 unspecified atom stereocenters. The van der Waals surface area contributed by atoms with E-state index in [-0.39, 0.29) is 6.61 Å². The van der Waals surface area contributed by atoms with E-state index in [2.05, 4.69) is 20.7 Å². The van der Waals surface area contributed by atoms with Crippen LogP contribution in [0, 0.1) is 0 Å². The normalized spacial score (nSPS) is 10.1. The van der Waals surface area contributed by atoms with Crippen LogP contribution in [0.1, 0.15) is 22.8 Å². The zero-order valence-electron chi connectivity index (χ0n) is 11.9. The number of ether oxygens (including phenoxy) is 1. The summed E-state index contributed by atoms with van der Waals surface area (Å²) in [5.41, 5.74) is 5.56. The third kappa shape index (κ3) is 4.23. The number of hydrazine groups is 1. The maximum atomic E-state index is 11.8. The standard InChI is InChI=1S/C14H15ClN4O3/c1-2-22-14(21)18-17-13(20)11-7-16-19(9-11)8-10-5-3-4-6-12(10)15/h3-7,9H,2,8H2,1H3,(H,17,20)(H,18,21). The van der Waals surface area contributed by atoms with Crippen LogP contribution >= 0.6 is 11.6 Å². The number of aromatic nitrogens is 2. The molecule has 0 atom stereocenters. The number of benzene rings is 1. The Morgan fingerprint density at radius 3 is 2.82 bits per heavy atom. The first-order valence-corrected chi connectivity index (χ1v) is 6.97. The second-order valence-electron chi connectivity index (χ2n) is 4.32. The van der Waals surface area contributed by atoms with Crippen LogP contribution in [0.25, 0.3) is 0 Å². The molecule has 0 bridgehead atoms. The van der Waals surface area contributed by atoms with Crippen LogP contribution in [0.5, 0.6) is 0 Å². The smallest absolute Gasteiger partial charge is 0.426 e. The van der Waals surface area contributed by atoms with E-state index in [1.807, 2.05) is 18.2 Å². The van der Waals surface area contributed by atoms with Gasteiger partial charge in [0.2, 0.25) is 0 Å². The van der Waals surface area contributed by atoms with Crippen molar-refractivity contribution in [2.45, 2.75) is 13.5 Å². The van der Waals surface area contributed by atoms with E-state index in [0.717, 1.165) is 5.56 Å². The van der Waals surface area contributed by atoms with Crippen LogP contribution in [-0.4, -0.2) is 28.4 Å². The van der Waals surface area contributed by atoms with E-state index in [4.69, 9.17) is 11.6 Å². The van der Waals surface area contributed by atoms with Crippen molar-refractivity contribution in [3.8, 4) is 0 Å². The van der Waals surface area contributed by atoms with Gasteiger partial charge in [-0.25, -0.2) is 10.2 Å². The number of hydrogen-bond acceptors (Lipinski definition) is 4. The average Bonchev–Trinajstić information content (AvgIpc) is 2.96. The van der Waals surface area contributed by atoms with Gasteiger partial charge < -0.3 is 4.74 Å². The van der Waals surface area contributed by atoms with Gasteiger partial charge in [0.05, 0.1) is 24.9 Å². The Labute approximate surface area is 132 Å². The lowest BCUT2D eigenvalue weighted by molar-refractivity contribution is 0.0912. The lowest BCUT2D eigenvalue weighted by Crippen LogP contribution is -2.41. The van der Waals surface area contributed by atoms with Crippen LogP contribution < -0.4 is 10.9 Å². The Morgan fingerprint density at radius 1 is 1.32 bits per heavy atom. The topological polar surface area (TPSA) is 85.2 Å². The summed E-state index contributed by atoms with van der Waals surface area (Å²) in [6.45, 7) is 2.33. The molecule has 0 aliphatic carbocycles. The Morgan fingerprint density at radius 2 is 2.09 bits per heavy atom. The number of halogens is 1. The van der Waals surface area contributed by atoms with Crippen LogP contribution in [0.4, 0.5) is 4.79 Å². The summed E-state index contributed by atoms with van der Waals surface area (Å²) >= 11 is 6.08. The third-order valence-electron chi connectivity index (χ3n) is 2.74. The number of nitrogens with zero attached hydrogens (tertiary/aromatic N) is 2. The van der Waals surface area contributed by atoms with Crippen molar-refractivity contribution in [2.24, 2.45) is 0 Å². The largest absolute Gasteiger partial charge is 0.449 e. The molecule has 1 aromatic heterocycles. The number of rotatable bonds is 4. The maximum absolute atomic E-state index is 11.8. The Hall–Kier alpha value is -2.54. The summed E-state index contributed by atoms with van der Waals surface area (Å²) in [5, 5.41) is 4.72. The number of hydrogen-bond donors (Lipinski definition) is 2. The highest BCUT2D eigenvalue weighted by Crippen LogP contribution is 2.16. The highest BCUT2D eigenvalue weighted by molar-refractivity contribution is 6.31. The summed E-state index contributed by atoms with van der Waals surface area (Å²) in [7, 11) is 0. The van der Waals surface area contributed by atoms with E-state index in [1.165, 1.54) is 6.20 Å². The molecule has 0 saturated carbocycles. The van der Waals surface area contributed by atoms with Gasteiger partial charge in [-0.1, -0.05) is 29.8 Å². The molecule has 8 heteroatoms. The average molecular weight is 323 g/mol. The first-order valence-electron chi connectivity index (χ1n) is 6.59. The number of carbonyl (C=O) groups is 2. The Kier molecular flexibility index (Phi) is 5.37. The molecule has 0 saturated heterocycles. The van der Waals surface area contributed by atoms with Crippen LogP contribution in [-0.2, 0) is 11.3 Å². The second-order valence-corrected chi connectivity index (χ2v) is 4.72. The number of carbonyl (C=O) groups excluding carboxylic acids is 2. The monoisotopic (exact) mass is 322 g/mol. The van der Waals surface area contributed by atoms with E-state index in [1.54, 1.807) is 23.9 Å². The first kappa shape index (κ1) is 15.8. The lowest BCUT2D eigenvalue weighted by atomic mass is 10.2. The minimum absolute atomic E-state index is 0.220. The van der Waals surface area contributed by atoms with Gasteiger partial charge in [0.1, 0.15) is 0 Å². The van der Waals surface area contributed by atoms with Crippen molar-refractivity contribution < 1.29 is 14.3 Å². The second kappa shape index (κ2) is 7.46. The van der Waals surface area contributed by atoms with E-state index in [0.29, 0.717) is 17.1 Å². The van der Waals surface area contributed by atoms with E-state index < -0.39 is 12.0 Å². The van der Waals surface area contributed by atoms with E-state index >= 15 is 0 Å². The van der Waals surface area contributed by atoms with Gasteiger partial charge in [0.25, 0.3) is 5.91 Å². The molecule has 0 fully saturated rings. The quantitative estimate of drug-likeness (QED) is 0.843. The molecule has 0 spiro atoms. The fourth-order valence-electron chi connectivity index (χ4n) is 1.72. The summed E-state index contributed by atoms with van der Waals surface area (Å²) in [5.74, 6) is -0.488. The van der Waals surface area contributed by atoms with Gasteiger partial charge in [0.15, 0.2) is 0 Å². The molecule has 0 aliphatic rings. The summed E-state index contributed by atoms with van der Waals surface area (Å²) in [6, 6.07) is 7.39. The fraction of sp³-hybridized carbons (Fsp3) is 0.214. The molecule has 22 heavy (non-hydrogen) atoms. The van der Waals surface area contributed by atoms with Gasteiger partial charge in [-0.15, -0.1) is 0 Å². The molecular weight excluding hydrogens is 308 g/mol.